The molecule has 3 rings (SSSR count). The van der Waals surface area contributed by atoms with Crippen LogP contribution in [-0.4, -0.2) is 59.0 Å². The van der Waals surface area contributed by atoms with Gasteiger partial charge in [-0.3, -0.25) is 9.59 Å². The lowest BCUT2D eigenvalue weighted by Gasteiger charge is -2.34. The second-order valence-electron chi connectivity index (χ2n) is 5.56. The molecule has 1 aliphatic heterocycles. The van der Waals surface area contributed by atoms with Crippen LogP contribution in [0.1, 0.15) is 17.5 Å². The first-order chi connectivity index (χ1) is 11.0. The highest BCUT2D eigenvalue weighted by Gasteiger charge is 2.28. The van der Waals surface area contributed by atoms with Crippen molar-refractivity contribution in [3.63, 3.8) is 0 Å². The molecule has 7 heteroatoms. The van der Waals surface area contributed by atoms with E-state index in [1.807, 2.05) is 0 Å². The molecule has 1 unspecified atom stereocenters. The molecule has 23 heavy (non-hydrogen) atoms. The maximum atomic E-state index is 13.6. The number of amides is 2. The predicted octanol–water partition coefficient (Wildman–Crippen LogP) is 1.24. The molecule has 1 fully saturated rings. The number of para-hydroxylation sites is 1. The van der Waals surface area contributed by atoms with Crippen molar-refractivity contribution in [2.75, 3.05) is 26.2 Å². The first-order valence-electron chi connectivity index (χ1n) is 7.41. The molecule has 2 amide bonds. The van der Waals surface area contributed by atoms with Gasteiger partial charge in [-0.05, 0) is 19.1 Å². The van der Waals surface area contributed by atoms with Crippen LogP contribution in [-0.2, 0) is 4.79 Å². The van der Waals surface area contributed by atoms with Crippen LogP contribution in [0, 0.1) is 5.82 Å². The summed E-state index contributed by atoms with van der Waals surface area (Å²) in [7, 11) is 0. The molecule has 2 heterocycles. The van der Waals surface area contributed by atoms with Crippen LogP contribution in [0.3, 0.4) is 0 Å². The Morgan fingerprint density at radius 3 is 2.48 bits per heavy atom. The van der Waals surface area contributed by atoms with Crippen LogP contribution in [0.15, 0.2) is 28.7 Å². The number of benzene rings is 1. The summed E-state index contributed by atoms with van der Waals surface area (Å²) in [6, 6.07) is 6.04. The van der Waals surface area contributed by atoms with Crippen LogP contribution >= 0.6 is 0 Å². The van der Waals surface area contributed by atoms with E-state index in [0.717, 1.165) is 0 Å². The predicted molar refractivity (Wildman–Crippen MR) is 80.3 cm³/mol. The van der Waals surface area contributed by atoms with Crippen LogP contribution in [0.5, 0.6) is 0 Å². The third-order valence-corrected chi connectivity index (χ3v) is 3.94. The van der Waals surface area contributed by atoms with Gasteiger partial charge in [0.2, 0.25) is 0 Å². The van der Waals surface area contributed by atoms with Gasteiger partial charge in [-0.2, -0.15) is 0 Å². The van der Waals surface area contributed by atoms with Gasteiger partial charge in [0.15, 0.2) is 17.2 Å². The van der Waals surface area contributed by atoms with Crippen molar-refractivity contribution in [1.82, 2.24) is 9.80 Å². The van der Waals surface area contributed by atoms with Crippen LogP contribution < -0.4 is 0 Å². The molecule has 1 aromatic carbocycles. The number of piperazine rings is 1. The molecule has 2 aromatic rings. The number of rotatable bonds is 2. The molecular weight excluding hydrogens is 303 g/mol. The Morgan fingerprint density at radius 1 is 1.22 bits per heavy atom. The van der Waals surface area contributed by atoms with E-state index in [4.69, 9.17) is 4.42 Å². The highest BCUT2D eigenvalue weighted by molar-refractivity contribution is 5.96. The molecule has 1 atom stereocenters. The number of furan rings is 1. The molecule has 122 valence electrons. The van der Waals surface area contributed by atoms with E-state index in [9.17, 15) is 19.1 Å². The summed E-state index contributed by atoms with van der Waals surface area (Å²) < 4.78 is 19.0. The SMILES string of the molecule is CC(O)C(=O)N1CCN(C(=O)c2cc3cccc(F)c3o2)CC1. The minimum Gasteiger partial charge on any atom is -0.448 e. The Balaban J connectivity index is 1.71. The van der Waals surface area contributed by atoms with Gasteiger partial charge in [0.1, 0.15) is 6.10 Å². The average molecular weight is 320 g/mol. The van der Waals surface area contributed by atoms with Crippen LogP contribution in [0.4, 0.5) is 4.39 Å². The largest absolute Gasteiger partial charge is 0.448 e. The van der Waals surface area contributed by atoms with Gasteiger partial charge in [0.25, 0.3) is 11.8 Å². The molecule has 0 radical (unpaired) electrons. The van der Waals surface area contributed by atoms with Crippen LogP contribution in [0.25, 0.3) is 11.0 Å². The van der Waals surface area contributed by atoms with Crippen molar-refractivity contribution in [1.29, 1.82) is 0 Å². The van der Waals surface area contributed by atoms with Crippen molar-refractivity contribution in [2.45, 2.75) is 13.0 Å². The van der Waals surface area contributed by atoms with E-state index in [0.29, 0.717) is 31.6 Å². The fourth-order valence-corrected chi connectivity index (χ4v) is 2.68. The van der Waals surface area contributed by atoms with E-state index in [-0.39, 0.29) is 23.2 Å². The lowest BCUT2D eigenvalue weighted by atomic mass is 10.2. The fraction of sp³-hybridized carbons (Fsp3) is 0.375. The molecule has 0 saturated carbocycles. The summed E-state index contributed by atoms with van der Waals surface area (Å²) in [6.45, 7) is 2.81. The molecule has 1 N–H and O–H groups in total. The lowest BCUT2D eigenvalue weighted by molar-refractivity contribution is -0.140. The fourth-order valence-electron chi connectivity index (χ4n) is 2.68. The van der Waals surface area contributed by atoms with Crippen molar-refractivity contribution >= 4 is 22.8 Å². The Morgan fingerprint density at radius 2 is 1.87 bits per heavy atom. The summed E-state index contributed by atoms with van der Waals surface area (Å²) in [4.78, 5) is 27.2. The van der Waals surface area contributed by atoms with E-state index in [1.165, 1.54) is 24.0 Å². The molecule has 1 saturated heterocycles. The average Bonchev–Trinajstić information content (AvgIpc) is 2.99. The van der Waals surface area contributed by atoms with E-state index in [1.54, 1.807) is 17.0 Å². The Bertz CT molecular complexity index is 748. The number of carbonyl (C=O) groups excluding carboxylic acids is 2. The van der Waals surface area contributed by atoms with Gasteiger partial charge in [-0.15, -0.1) is 0 Å². The highest BCUT2D eigenvalue weighted by Crippen LogP contribution is 2.23. The third kappa shape index (κ3) is 2.92. The summed E-state index contributed by atoms with van der Waals surface area (Å²) in [5, 5.41) is 9.85. The monoisotopic (exact) mass is 320 g/mol. The Kier molecular flexibility index (Phi) is 4.04. The maximum Gasteiger partial charge on any atom is 0.289 e. The van der Waals surface area contributed by atoms with Crippen molar-refractivity contribution in [2.24, 2.45) is 0 Å². The number of carbonyl (C=O) groups is 2. The van der Waals surface area contributed by atoms with E-state index >= 15 is 0 Å². The van der Waals surface area contributed by atoms with Crippen molar-refractivity contribution in [3.8, 4) is 0 Å². The number of nitrogens with zero attached hydrogens (tertiary/aromatic N) is 2. The van der Waals surface area contributed by atoms with Gasteiger partial charge >= 0.3 is 0 Å². The minimum absolute atomic E-state index is 0.0683. The zero-order valence-electron chi connectivity index (χ0n) is 12.7. The third-order valence-electron chi connectivity index (χ3n) is 3.94. The minimum atomic E-state index is -1.05. The second-order valence-corrected chi connectivity index (χ2v) is 5.56. The molecule has 0 bridgehead atoms. The van der Waals surface area contributed by atoms with Crippen LogP contribution in [0.2, 0.25) is 0 Å². The van der Waals surface area contributed by atoms with E-state index in [2.05, 4.69) is 0 Å². The highest BCUT2D eigenvalue weighted by atomic mass is 19.1. The maximum absolute atomic E-state index is 13.6. The summed E-state index contributed by atoms with van der Waals surface area (Å²) >= 11 is 0. The summed E-state index contributed by atoms with van der Waals surface area (Å²) in [6.07, 6.45) is -1.05. The first kappa shape index (κ1) is 15.5. The second kappa shape index (κ2) is 6.00. The number of aliphatic hydroxyl groups excluding tert-OH is 1. The number of halogens is 1. The molecular formula is C16H17FN2O4. The zero-order chi connectivity index (χ0) is 16.6. The van der Waals surface area contributed by atoms with Gasteiger partial charge in [0.05, 0.1) is 0 Å². The molecule has 1 aliphatic rings. The molecule has 0 spiro atoms. The Hall–Kier alpha value is -2.41. The molecule has 6 nitrogen and oxygen atoms in total. The lowest BCUT2D eigenvalue weighted by Crippen LogP contribution is -2.52. The van der Waals surface area contributed by atoms with Gasteiger partial charge in [-0.25, -0.2) is 4.39 Å². The zero-order valence-corrected chi connectivity index (χ0v) is 12.7. The molecule has 0 aliphatic carbocycles. The van der Waals surface area contributed by atoms with Crippen molar-refractivity contribution in [3.05, 3.63) is 35.8 Å². The summed E-state index contributed by atoms with van der Waals surface area (Å²) in [5.41, 5.74) is 0.0683. The number of hydrogen-bond donors (Lipinski definition) is 1. The Labute approximate surface area is 132 Å². The van der Waals surface area contributed by atoms with Gasteiger partial charge in [-0.1, -0.05) is 12.1 Å². The normalized spacial score (nSPS) is 16.7. The van der Waals surface area contributed by atoms with Gasteiger partial charge in [0, 0.05) is 31.6 Å². The smallest absolute Gasteiger partial charge is 0.289 e. The molecule has 1 aromatic heterocycles. The number of aliphatic hydroxyl groups is 1. The first-order valence-corrected chi connectivity index (χ1v) is 7.41. The number of fused-ring (bicyclic) bond motifs is 1. The quantitative estimate of drug-likeness (QED) is 0.903. The topological polar surface area (TPSA) is 74.0 Å². The van der Waals surface area contributed by atoms with Crippen molar-refractivity contribution < 1.29 is 23.5 Å². The van der Waals surface area contributed by atoms with Gasteiger partial charge < -0.3 is 19.3 Å². The summed E-state index contributed by atoms with van der Waals surface area (Å²) in [5.74, 6) is -1.10. The number of hydrogen-bond acceptors (Lipinski definition) is 4. The van der Waals surface area contributed by atoms with E-state index < -0.39 is 11.9 Å². The standard InChI is InChI=1S/C16H17FN2O4/c1-10(20)15(21)18-5-7-19(8-6-18)16(22)13-9-11-3-2-4-12(17)14(11)23-13/h2-4,9-10,20H,5-8H2,1H3.